The molecule has 1 aromatic carbocycles. The summed E-state index contributed by atoms with van der Waals surface area (Å²) in [4.78, 5) is 0. The molecule has 0 nitrogen and oxygen atoms in total. The first-order valence-corrected chi connectivity index (χ1v) is 8.16. The molecule has 0 unspecified atom stereocenters. The van der Waals surface area contributed by atoms with Crippen LogP contribution in [0.3, 0.4) is 0 Å². The quantitative estimate of drug-likeness (QED) is 0.408. The molecule has 0 heterocycles. The van der Waals surface area contributed by atoms with Gasteiger partial charge in [0, 0.05) is 8.90 Å². The number of hydrogen-bond acceptors (Lipinski definition) is 0. The first-order chi connectivity index (χ1) is 7.57. The molecule has 0 radical (unpaired) electrons. The molecule has 0 spiro atoms. The van der Waals surface area contributed by atoms with E-state index in [1.165, 1.54) is 20.3 Å². The summed E-state index contributed by atoms with van der Waals surface area (Å²) < 4.78 is 1.40. The van der Waals surface area contributed by atoms with Crippen molar-refractivity contribution in [2.45, 2.75) is 57.7 Å². The Morgan fingerprint density at radius 1 is 1.00 bits per heavy atom. The van der Waals surface area contributed by atoms with Crippen LogP contribution in [0.15, 0.2) is 12.1 Å². The van der Waals surface area contributed by atoms with Gasteiger partial charge in [-0.25, -0.2) is 0 Å². The SMILES string of the molecule is CC(C)(C)c1cc(CBr)c(I)c(C(C)(C)C)c1. The molecule has 0 atom stereocenters. The standard InChI is InChI=1S/C15H22BrI/c1-14(2,3)11-7-10(9-16)13(17)12(8-11)15(4,5)6/h7-8H,9H2,1-6H3. The van der Waals surface area contributed by atoms with Gasteiger partial charge in [0.15, 0.2) is 0 Å². The Morgan fingerprint density at radius 2 is 1.53 bits per heavy atom. The van der Waals surface area contributed by atoms with Crippen LogP contribution in [0.1, 0.15) is 58.2 Å². The summed E-state index contributed by atoms with van der Waals surface area (Å²) in [7, 11) is 0. The first kappa shape index (κ1) is 15.5. The van der Waals surface area contributed by atoms with Gasteiger partial charge in [-0.15, -0.1) is 0 Å². The zero-order valence-corrected chi connectivity index (χ0v) is 15.4. The van der Waals surface area contributed by atoms with E-state index in [4.69, 9.17) is 0 Å². The molecular formula is C15H22BrI. The Hall–Kier alpha value is 0.430. The fraction of sp³-hybridized carbons (Fsp3) is 0.600. The van der Waals surface area contributed by atoms with Gasteiger partial charge in [-0.05, 0) is 50.1 Å². The Bertz CT molecular complexity index is 408. The van der Waals surface area contributed by atoms with Gasteiger partial charge in [-0.1, -0.05) is 69.6 Å². The lowest BCUT2D eigenvalue weighted by Gasteiger charge is -2.27. The molecule has 96 valence electrons. The van der Waals surface area contributed by atoms with Gasteiger partial charge in [0.1, 0.15) is 0 Å². The lowest BCUT2D eigenvalue weighted by molar-refractivity contribution is 0.565. The zero-order chi connectivity index (χ0) is 13.4. The second kappa shape index (κ2) is 5.20. The third-order valence-corrected chi connectivity index (χ3v) is 4.84. The molecule has 0 saturated heterocycles. The fourth-order valence-electron chi connectivity index (χ4n) is 1.76. The molecule has 0 saturated carbocycles. The summed E-state index contributed by atoms with van der Waals surface area (Å²) in [5.74, 6) is 0. The summed E-state index contributed by atoms with van der Waals surface area (Å²) in [6, 6.07) is 4.72. The van der Waals surface area contributed by atoms with Crippen molar-refractivity contribution >= 4 is 38.5 Å². The lowest BCUT2D eigenvalue weighted by Crippen LogP contribution is -2.19. The fourth-order valence-corrected chi connectivity index (χ4v) is 4.04. The smallest absolute Gasteiger partial charge is 0.0293 e. The van der Waals surface area contributed by atoms with Gasteiger partial charge in [0.25, 0.3) is 0 Å². The third kappa shape index (κ3) is 3.69. The van der Waals surface area contributed by atoms with E-state index in [9.17, 15) is 0 Å². The van der Waals surface area contributed by atoms with E-state index >= 15 is 0 Å². The van der Waals surface area contributed by atoms with E-state index in [0.717, 1.165) is 5.33 Å². The van der Waals surface area contributed by atoms with Crippen LogP contribution in [0.5, 0.6) is 0 Å². The van der Waals surface area contributed by atoms with Crippen molar-refractivity contribution in [2.24, 2.45) is 0 Å². The second-order valence-corrected chi connectivity index (χ2v) is 8.27. The summed E-state index contributed by atoms with van der Waals surface area (Å²) in [5.41, 5.74) is 4.70. The molecular weight excluding hydrogens is 387 g/mol. The minimum atomic E-state index is 0.203. The topological polar surface area (TPSA) is 0 Å². The average molecular weight is 409 g/mol. The minimum Gasteiger partial charge on any atom is -0.0876 e. The highest BCUT2D eigenvalue weighted by Gasteiger charge is 2.23. The number of rotatable bonds is 1. The van der Waals surface area contributed by atoms with E-state index in [0.29, 0.717) is 0 Å². The van der Waals surface area contributed by atoms with Gasteiger partial charge in [0.05, 0.1) is 0 Å². The number of alkyl halides is 1. The van der Waals surface area contributed by atoms with Crippen molar-refractivity contribution in [3.05, 3.63) is 32.4 Å². The van der Waals surface area contributed by atoms with Crippen LogP contribution in [0.4, 0.5) is 0 Å². The number of benzene rings is 1. The van der Waals surface area contributed by atoms with Crippen molar-refractivity contribution in [3.8, 4) is 0 Å². The van der Waals surface area contributed by atoms with E-state index in [2.05, 4.69) is 92.2 Å². The molecule has 1 rings (SSSR count). The van der Waals surface area contributed by atoms with Crippen LogP contribution in [-0.4, -0.2) is 0 Å². The predicted molar refractivity (Wildman–Crippen MR) is 89.2 cm³/mol. The van der Waals surface area contributed by atoms with Gasteiger partial charge < -0.3 is 0 Å². The Morgan fingerprint density at radius 3 is 1.88 bits per heavy atom. The maximum atomic E-state index is 3.61. The largest absolute Gasteiger partial charge is 0.0876 e. The highest BCUT2D eigenvalue weighted by atomic mass is 127. The van der Waals surface area contributed by atoms with Crippen LogP contribution in [0.25, 0.3) is 0 Å². The molecule has 17 heavy (non-hydrogen) atoms. The molecule has 2 heteroatoms. The normalized spacial score (nSPS) is 12.9. The highest BCUT2D eigenvalue weighted by Crippen LogP contribution is 2.35. The van der Waals surface area contributed by atoms with Crippen LogP contribution < -0.4 is 0 Å². The van der Waals surface area contributed by atoms with Gasteiger partial charge in [-0.3, -0.25) is 0 Å². The number of hydrogen-bond donors (Lipinski definition) is 0. The second-order valence-electron chi connectivity index (χ2n) is 6.63. The van der Waals surface area contributed by atoms with Crippen molar-refractivity contribution in [3.63, 3.8) is 0 Å². The summed E-state index contributed by atoms with van der Waals surface area (Å²) in [5, 5.41) is 0.929. The maximum Gasteiger partial charge on any atom is 0.0293 e. The molecule has 0 amide bonds. The molecule has 0 N–H and O–H groups in total. The molecule has 0 aliphatic rings. The van der Waals surface area contributed by atoms with Gasteiger partial charge in [0.2, 0.25) is 0 Å². The molecule has 0 bridgehead atoms. The molecule has 0 aromatic heterocycles. The van der Waals surface area contributed by atoms with Crippen molar-refractivity contribution in [1.29, 1.82) is 0 Å². The lowest BCUT2D eigenvalue weighted by atomic mass is 9.80. The summed E-state index contributed by atoms with van der Waals surface area (Å²) >= 11 is 6.09. The van der Waals surface area contributed by atoms with Gasteiger partial charge in [-0.2, -0.15) is 0 Å². The molecule has 0 fully saturated rings. The Kier molecular flexibility index (Phi) is 4.74. The van der Waals surface area contributed by atoms with Crippen LogP contribution >= 0.6 is 38.5 Å². The molecule has 1 aromatic rings. The van der Waals surface area contributed by atoms with E-state index in [1.807, 2.05) is 0 Å². The highest BCUT2D eigenvalue weighted by molar-refractivity contribution is 14.1. The average Bonchev–Trinajstić information content (AvgIpc) is 2.14. The first-order valence-electron chi connectivity index (χ1n) is 5.96. The van der Waals surface area contributed by atoms with E-state index < -0.39 is 0 Å². The summed E-state index contributed by atoms with van der Waals surface area (Å²) in [6.07, 6.45) is 0. The molecule has 0 aliphatic carbocycles. The van der Waals surface area contributed by atoms with Crippen molar-refractivity contribution < 1.29 is 0 Å². The van der Waals surface area contributed by atoms with Crippen molar-refractivity contribution in [2.75, 3.05) is 0 Å². The van der Waals surface area contributed by atoms with E-state index in [-0.39, 0.29) is 10.8 Å². The van der Waals surface area contributed by atoms with Crippen LogP contribution in [0.2, 0.25) is 0 Å². The monoisotopic (exact) mass is 408 g/mol. The van der Waals surface area contributed by atoms with Crippen LogP contribution in [0, 0.1) is 3.57 Å². The van der Waals surface area contributed by atoms with Crippen molar-refractivity contribution in [1.82, 2.24) is 0 Å². The Labute approximate surface area is 128 Å². The summed E-state index contributed by atoms with van der Waals surface area (Å²) in [6.45, 7) is 13.7. The minimum absolute atomic E-state index is 0.203. The maximum absolute atomic E-state index is 3.61. The predicted octanol–water partition coefficient (Wildman–Crippen LogP) is 5.78. The van der Waals surface area contributed by atoms with Gasteiger partial charge >= 0.3 is 0 Å². The van der Waals surface area contributed by atoms with Crippen LogP contribution in [-0.2, 0) is 16.2 Å². The molecule has 0 aliphatic heterocycles. The zero-order valence-electron chi connectivity index (χ0n) is 11.6. The number of halogens is 2. The third-order valence-electron chi connectivity index (χ3n) is 2.97. The Balaban J connectivity index is 3.50. The van der Waals surface area contributed by atoms with E-state index in [1.54, 1.807) is 0 Å².